The van der Waals surface area contributed by atoms with Gasteiger partial charge in [-0.2, -0.15) is 4.31 Å². The highest BCUT2D eigenvalue weighted by Crippen LogP contribution is 2.09. The SMILES string of the molecule is CCCS(=O)(=O)N1CCN(CCCN)CC1.Cl.Cl. The fourth-order valence-electron chi connectivity index (χ4n) is 1.93. The summed E-state index contributed by atoms with van der Waals surface area (Å²) >= 11 is 0. The molecule has 0 aromatic carbocycles. The second kappa shape index (κ2) is 10.2. The minimum Gasteiger partial charge on any atom is -0.330 e. The Morgan fingerprint density at radius 1 is 1.11 bits per heavy atom. The highest BCUT2D eigenvalue weighted by Gasteiger charge is 2.25. The molecule has 18 heavy (non-hydrogen) atoms. The van der Waals surface area contributed by atoms with Crippen LogP contribution in [0.25, 0.3) is 0 Å². The summed E-state index contributed by atoms with van der Waals surface area (Å²) in [4.78, 5) is 2.28. The van der Waals surface area contributed by atoms with E-state index in [1.165, 1.54) is 0 Å². The number of halogens is 2. The van der Waals surface area contributed by atoms with Gasteiger partial charge in [0.05, 0.1) is 5.75 Å². The van der Waals surface area contributed by atoms with Gasteiger partial charge >= 0.3 is 0 Å². The van der Waals surface area contributed by atoms with Gasteiger partial charge in [-0.3, -0.25) is 0 Å². The van der Waals surface area contributed by atoms with Crippen molar-refractivity contribution in [2.24, 2.45) is 5.73 Å². The maximum absolute atomic E-state index is 11.8. The number of sulfonamides is 1. The Morgan fingerprint density at radius 3 is 2.11 bits per heavy atom. The van der Waals surface area contributed by atoms with Crippen LogP contribution in [-0.2, 0) is 10.0 Å². The summed E-state index contributed by atoms with van der Waals surface area (Å²) in [5.41, 5.74) is 5.45. The molecule has 0 saturated carbocycles. The van der Waals surface area contributed by atoms with Crippen LogP contribution in [0.5, 0.6) is 0 Å². The number of hydrogen-bond donors (Lipinski definition) is 1. The molecule has 0 spiro atoms. The minimum atomic E-state index is -3.00. The van der Waals surface area contributed by atoms with Crippen LogP contribution in [0.15, 0.2) is 0 Å². The van der Waals surface area contributed by atoms with Gasteiger partial charge in [0.25, 0.3) is 0 Å². The van der Waals surface area contributed by atoms with Gasteiger partial charge < -0.3 is 10.6 Å². The lowest BCUT2D eigenvalue weighted by molar-refractivity contribution is 0.187. The maximum atomic E-state index is 11.8. The monoisotopic (exact) mass is 321 g/mol. The molecule has 0 amide bonds. The summed E-state index contributed by atoms with van der Waals surface area (Å²) < 4.78 is 25.2. The Hall–Kier alpha value is 0.410. The third-order valence-electron chi connectivity index (χ3n) is 2.87. The van der Waals surface area contributed by atoms with Crippen LogP contribution in [-0.4, -0.2) is 62.6 Å². The molecule has 112 valence electrons. The molecule has 2 N–H and O–H groups in total. The zero-order valence-electron chi connectivity index (χ0n) is 10.9. The van der Waals surface area contributed by atoms with E-state index in [0.29, 0.717) is 26.1 Å². The standard InChI is InChI=1S/C10H23N3O2S.2ClH/c1-2-10-16(14,15)13-8-6-12(7-9-13)5-3-4-11;;/h2-11H2,1H3;2*1H. The van der Waals surface area contributed by atoms with Crippen LogP contribution >= 0.6 is 24.8 Å². The highest BCUT2D eigenvalue weighted by molar-refractivity contribution is 7.89. The number of piperazine rings is 1. The fourth-order valence-corrected chi connectivity index (χ4v) is 3.43. The largest absolute Gasteiger partial charge is 0.330 e. The zero-order valence-corrected chi connectivity index (χ0v) is 13.3. The van der Waals surface area contributed by atoms with E-state index in [4.69, 9.17) is 5.73 Å². The molecule has 1 aliphatic rings. The Kier molecular flexibility index (Phi) is 11.8. The van der Waals surface area contributed by atoms with Crippen molar-refractivity contribution in [2.75, 3.05) is 45.0 Å². The number of nitrogens with two attached hydrogens (primary N) is 1. The van der Waals surface area contributed by atoms with Gasteiger partial charge in [0.2, 0.25) is 10.0 Å². The van der Waals surface area contributed by atoms with Crippen molar-refractivity contribution in [3.05, 3.63) is 0 Å². The van der Waals surface area contributed by atoms with Crippen molar-refractivity contribution in [3.8, 4) is 0 Å². The van der Waals surface area contributed by atoms with Crippen LogP contribution in [0.2, 0.25) is 0 Å². The van der Waals surface area contributed by atoms with Crippen molar-refractivity contribution < 1.29 is 8.42 Å². The summed E-state index contributed by atoms with van der Waals surface area (Å²) in [6.07, 6.45) is 1.68. The average molecular weight is 322 g/mol. The van der Waals surface area contributed by atoms with Crippen molar-refractivity contribution in [1.82, 2.24) is 9.21 Å². The van der Waals surface area contributed by atoms with Crippen molar-refractivity contribution in [2.45, 2.75) is 19.8 Å². The Labute approximate surface area is 123 Å². The van der Waals surface area contributed by atoms with E-state index in [2.05, 4.69) is 4.90 Å². The van der Waals surface area contributed by atoms with Gasteiger partial charge in [0.15, 0.2) is 0 Å². The summed E-state index contributed by atoms with van der Waals surface area (Å²) in [6.45, 7) is 6.52. The molecule has 0 radical (unpaired) electrons. The summed E-state index contributed by atoms with van der Waals surface area (Å²) in [6, 6.07) is 0. The number of nitrogens with zero attached hydrogens (tertiary/aromatic N) is 2. The van der Waals surface area contributed by atoms with E-state index in [1.54, 1.807) is 4.31 Å². The first-order valence-corrected chi connectivity index (χ1v) is 7.61. The van der Waals surface area contributed by atoms with Gasteiger partial charge in [0.1, 0.15) is 0 Å². The molecule has 1 aliphatic heterocycles. The van der Waals surface area contributed by atoms with E-state index >= 15 is 0 Å². The minimum absolute atomic E-state index is 0. The second-order valence-electron chi connectivity index (χ2n) is 4.20. The predicted molar refractivity (Wildman–Crippen MR) is 80.3 cm³/mol. The fraction of sp³-hybridized carbons (Fsp3) is 1.00. The highest BCUT2D eigenvalue weighted by atomic mass is 35.5. The molecule has 5 nitrogen and oxygen atoms in total. The molecule has 8 heteroatoms. The average Bonchev–Trinajstić information content (AvgIpc) is 2.27. The lowest BCUT2D eigenvalue weighted by Crippen LogP contribution is -2.49. The van der Waals surface area contributed by atoms with Crippen LogP contribution in [0.1, 0.15) is 19.8 Å². The van der Waals surface area contributed by atoms with E-state index in [0.717, 1.165) is 26.1 Å². The van der Waals surface area contributed by atoms with Crippen LogP contribution in [0.3, 0.4) is 0 Å². The van der Waals surface area contributed by atoms with Gasteiger partial charge in [-0.1, -0.05) is 6.92 Å². The molecular formula is C10H25Cl2N3O2S. The van der Waals surface area contributed by atoms with Gasteiger partial charge in [0, 0.05) is 26.2 Å². The Balaban J connectivity index is 0. The molecule has 0 aromatic rings. The first-order chi connectivity index (χ1) is 7.60. The smallest absolute Gasteiger partial charge is 0.214 e. The molecule has 0 aromatic heterocycles. The van der Waals surface area contributed by atoms with Crippen LogP contribution in [0, 0.1) is 0 Å². The Bertz CT molecular complexity index is 293. The molecule has 1 saturated heterocycles. The molecule has 0 unspecified atom stereocenters. The third-order valence-corrected chi connectivity index (χ3v) is 4.94. The molecule has 1 fully saturated rings. The lowest BCUT2D eigenvalue weighted by atomic mass is 10.3. The Morgan fingerprint density at radius 2 is 1.67 bits per heavy atom. The summed E-state index contributed by atoms with van der Waals surface area (Å²) in [5, 5.41) is 0. The topological polar surface area (TPSA) is 66.6 Å². The number of rotatable bonds is 6. The molecule has 1 heterocycles. The van der Waals surface area contributed by atoms with Crippen molar-refractivity contribution >= 4 is 34.8 Å². The zero-order chi connectivity index (χ0) is 12.0. The molecule has 0 bridgehead atoms. The van der Waals surface area contributed by atoms with Crippen LogP contribution < -0.4 is 5.73 Å². The first kappa shape index (κ1) is 20.7. The lowest BCUT2D eigenvalue weighted by Gasteiger charge is -2.33. The second-order valence-corrected chi connectivity index (χ2v) is 6.29. The number of hydrogen-bond acceptors (Lipinski definition) is 4. The summed E-state index contributed by atoms with van der Waals surface area (Å²) in [5.74, 6) is 0.274. The van der Waals surface area contributed by atoms with Gasteiger partial charge in [-0.05, 0) is 25.9 Å². The normalized spacial score (nSPS) is 17.9. The molecule has 1 rings (SSSR count). The predicted octanol–water partition coefficient (Wildman–Crippen LogP) is 0.536. The van der Waals surface area contributed by atoms with E-state index in [9.17, 15) is 8.42 Å². The van der Waals surface area contributed by atoms with E-state index in [-0.39, 0.29) is 30.6 Å². The first-order valence-electron chi connectivity index (χ1n) is 6.00. The molecular weight excluding hydrogens is 297 g/mol. The van der Waals surface area contributed by atoms with Crippen molar-refractivity contribution in [3.63, 3.8) is 0 Å². The van der Waals surface area contributed by atoms with Gasteiger partial charge in [-0.15, -0.1) is 24.8 Å². The summed E-state index contributed by atoms with van der Waals surface area (Å²) in [7, 11) is -3.00. The maximum Gasteiger partial charge on any atom is 0.214 e. The quantitative estimate of drug-likeness (QED) is 0.775. The van der Waals surface area contributed by atoms with E-state index < -0.39 is 10.0 Å². The van der Waals surface area contributed by atoms with E-state index in [1.807, 2.05) is 6.92 Å². The van der Waals surface area contributed by atoms with Crippen LogP contribution in [0.4, 0.5) is 0 Å². The van der Waals surface area contributed by atoms with Gasteiger partial charge in [-0.25, -0.2) is 8.42 Å². The van der Waals surface area contributed by atoms with Crippen molar-refractivity contribution in [1.29, 1.82) is 0 Å². The molecule has 0 atom stereocenters. The molecule has 0 aliphatic carbocycles. The third kappa shape index (κ3) is 6.54.